The maximum Gasteiger partial charge on any atom is 0 e. The van der Waals surface area contributed by atoms with E-state index in [2.05, 4.69) is 0 Å². The van der Waals surface area contributed by atoms with Gasteiger partial charge in [-0.25, -0.2) is 0 Å². The molecular formula is CoLiMnMoNbNi. The Morgan fingerprint density at radius 1 is 1.00 bits per heavy atom. The predicted octanol–water partition coefficient (Wildman–Crippen LogP) is -0.393. The van der Waals surface area contributed by atoms with Crippen LogP contribution in [0.15, 0.2) is 0 Å². The third-order valence-corrected chi connectivity index (χ3v) is 0. The summed E-state index contributed by atoms with van der Waals surface area (Å²) in [5.41, 5.74) is 0. The topological polar surface area (TPSA) is 0 Å². The number of hydrogen-bond acceptors (Lipinski definition) is 0. The first-order chi connectivity index (χ1) is 0. The van der Waals surface area contributed by atoms with E-state index in [0.717, 1.165) is 0 Å². The van der Waals surface area contributed by atoms with Crippen LogP contribution < -0.4 is 0 Å². The van der Waals surface area contributed by atoms with Crippen molar-refractivity contribution in [2.45, 2.75) is 0 Å². The van der Waals surface area contributed by atoms with Crippen molar-refractivity contribution in [1.82, 2.24) is 0 Å². The average molecular weight is 368 g/mol. The van der Waals surface area contributed by atoms with E-state index in [9.17, 15) is 0 Å². The first-order valence-corrected chi connectivity index (χ1v) is 0. The van der Waals surface area contributed by atoms with Crippen molar-refractivity contribution in [3.63, 3.8) is 0 Å². The largest absolute Gasteiger partial charge is 0 e. The molecule has 0 atom stereocenters. The van der Waals surface area contributed by atoms with Crippen LogP contribution in [0.3, 0.4) is 0 Å². The van der Waals surface area contributed by atoms with Gasteiger partial charge in [0, 0.05) is 113 Å². The van der Waals surface area contributed by atoms with Crippen LogP contribution in [-0.2, 0) is 93.8 Å². The van der Waals surface area contributed by atoms with E-state index in [-0.39, 0.29) is 113 Å². The number of rotatable bonds is 0. The molecule has 0 nitrogen and oxygen atoms in total. The molecule has 0 fully saturated rings. The summed E-state index contributed by atoms with van der Waals surface area (Å²) in [4.78, 5) is 0. The van der Waals surface area contributed by atoms with E-state index < -0.39 is 0 Å². The molecular weight excluding hydrogens is 368 g/mol. The summed E-state index contributed by atoms with van der Waals surface area (Å²) in [5.74, 6) is 0. The molecule has 0 N–H and O–H groups in total. The molecule has 0 amide bonds. The Kier molecular flexibility index (Phi) is 358. The molecule has 6 heavy (non-hydrogen) atoms. The van der Waals surface area contributed by atoms with Crippen LogP contribution in [0.5, 0.6) is 0 Å². The molecule has 0 bridgehead atoms. The van der Waals surface area contributed by atoms with Gasteiger partial charge in [0.15, 0.2) is 0 Å². The van der Waals surface area contributed by atoms with Crippen molar-refractivity contribution in [2.75, 3.05) is 0 Å². The standard InChI is InChI=1S/Co.Li.Mn.Mo.Nb.Ni. The summed E-state index contributed by atoms with van der Waals surface area (Å²) >= 11 is 0. The molecule has 6 heteroatoms. The van der Waals surface area contributed by atoms with Gasteiger partial charge in [-0.2, -0.15) is 0 Å². The van der Waals surface area contributed by atoms with E-state index in [1.165, 1.54) is 0 Å². The van der Waals surface area contributed by atoms with Gasteiger partial charge in [-0.05, 0) is 0 Å². The van der Waals surface area contributed by atoms with Gasteiger partial charge < -0.3 is 0 Å². The smallest absolute Gasteiger partial charge is 0 e. The fourth-order valence-electron chi connectivity index (χ4n) is 0. The van der Waals surface area contributed by atoms with Crippen molar-refractivity contribution >= 4 is 18.9 Å². The average Bonchev–Trinajstić information content (AvgIpc) is 0. The molecule has 0 aliphatic carbocycles. The zero-order valence-corrected chi connectivity index (χ0v) is 10.3. The van der Waals surface area contributed by atoms with Crippen LogP contribution in [0, 0.1) is 0 Å². The summed E-state index contributed by atoms with van der Waals surface area (Å²) in [6.45, 7) is 0. The maximum atomic E-state index is 0. The first kappa shape index (κ1) is 55.5. The Balaban J connectivity index is 0. The van der Waals surface area contributed by atoms with Crippen LogP contribution in [0.1, 0.15) is 0 Å². The van der Waals surface area contributed by atoms with E-state index in [0.29, 0.717) is 0 Å². The summed E-state index contributed by atoms with van der Waals surface area (Å²) in [7, 11) is 0. The fraction of sp³-hybridized carbons (Fsp3) is 0. The molecule has 4 radical (unpaired) electrons. The van der Waals surface area contributed by atoms with Crippen LogP contribution >= 0.6 is 0 Å². The summed E-state index contributed by atoms with van der Waals surface area (Å²) in [6, 6.07) is 0. The minimum atomic E-state index is 0. The Morgan fingerprint density at radius 2 is 1.00 bits per heavy atom. The summed E-state index contributed by atoms with van der Waals surface area (Å²) in [5, 5.41) is 0. The molecule has 0 aliphatic rings. The molecule has 0 aliphatic heterocycles. The van der Waals surface area contributed by atoms with E-state index in [1.54, 1.807) is 0 Å². The monoisotopic (exact) mass is 370 g/mol. The van der Waals surface area contributed by atoms with Crippen LogP contribution in [-0.4, -0.2) is 18.9 Å². The minimum absolute atomic E-state index is 0. The first-order valence-electron chi connectivity index (χ1n) is 0. The Morgan fingerprint density at radius 3 is 1.00 bits per heavy atom. The van der Waals surface area contributed by atoms with Crippen molar-refractivity contribution < 1.29 is 93.8 Å². The Hall–Kier alpha value is 3.55. The second kappa shape index (κ2) is 38.7. The van der Waals surface area contributed by atoms with Crippen molar-refractivity contribution in [3.8, 4) is 0 Å². The van der Waals surface area contributed by atoms with Gasteiger partial charge >= 0.3 is 0 Å². The molecule has 0 spiro atoms. The van der Waals surface area contributed by atoms with Gasteiger partial charge in [-0.15, -0.1) is 0 Å². The zero-order valence-electron chi connectivity index (χ0n) is 2.88. The molecule has 0 aromatic carbocycles. The third kappa shape index (κ3) is 25.7. The molecule has 0 aromatic heterocycles. The summed E-state index contributed by atoms with van der Waals surface area (Å²) in [6.07, 6.45) is 0. The quantitative estimate of drug-likeness (QED) is 0.511. The third-order valence-electron chi connectivity index (χ3n) is 0. The maximum absolute atomic E-state index is 0. The SMILES string of the molecule is [Co].[Li].[Mn].[Mo].[Nb].[Ni]. The van der Waals surface area contributed by atoms with Gasteiger partial charge in [-0.3, -0.25) is 0 Å². The molecule has 0 rings (SSSR count). The Labute approximate surface area is 111 Å². The van der Waals surface area contributed by atoms with Gasteiger partial charge in [0.1, 0.15) is 0 Å². The Bertz CT molecular complexity index is 15.5. The van der Waals surface area contributed by atoms with Gasteiger partial charge in [0.05, 0.1) is 0 Å². The molecule has 38 valence electrons. The van der Waals surface area contributed by atoms with Gasteiger partial charge in [0.25, 0.3) is 0 Å². The fourth-order valence-corrected chi connectivity index (χ4v) is 0. The molecule has 0 aromatic rings. The van der Waals surface area contributed by atoms with E-state index in [1.807, 2.05) is 0 Å². The van der Waals surface area contributed by atoms with Crippen molar-refractivity contribution in [3.05, 3.63) is 0 Å². The normalized spacial score (nSPS) is 0. The van der Waals surface area contributed by atoms with Gasteiger partial charge in [-0.1, -0.05) is 0 Å². The molecule has 0 saturated heterocycles. The molecule has 0 saturated carbocycles. The van der Waals surface area contributed by atoms with E-state index >= 15 is 0 Å². The summed E-state index contributed by atoms with van der Waals surface area (Å²) < 4.78 is 0. The molecule has 0 unspecified atom stereocenters. The second-order valence-corrected chi connectivity index (χ2v) is 0. The van der Waals surface area contributed by atoms with Crippen LogP contribution in [0.25, 0.3) is 0 Å². The van der Waals surface area contributed by atoms with Crippen LogP contribution in [0.2, 0.25) is 0 Å². The predicted molar refractivity (Wildman–Crippen MR) is 5.75 cm³/mol. The van der Waals surface area contributed by atoms with Crippen LogP contribution in [0.4, 0.5) is 0 Å². The minimum Gasteiger partial charge on any atom is 0 e. The molecule has 0 heterocycles. The number of hydrogen-bond donors (Lipinski definition) is 0. The second-order valence-electron chi connectivity index (χ2n) is 0. The zero-order chi connectivity index (χ0) is 0. The van der Waals surface area contributed by atoms with Gasteiger partial charge in [0.2, 0.25) is 0 Å². The van der Waals surface area contributed by atoms with E-state index in [4.69, 9.17) is 0 Å². The van der Waals surface area contributed by atoms with Crippen molar-refractivity contribution in [2.24, 2.45) is 0 Å². The van der Waals surface area contributed by atoms with Crippen molar-refractivity contribution in [1.29, 1.82) is 0 Å².